The molecule has 2 aliphatic rings. The molecule has 1 unspecified atom stereocenters. The molecule has 5 rings (SSSR count). The van der Waals surface area contributed by atoms with E-state index in [4.69, 9.17) is 4.74 Å². The summed E-state index contributed by atoms with van der Waals surface area (Å²) in [6, 6.07) is 13.6. The molecule has 3 aromatic rings. The van der Waals surface area contributed by atoms with Crippen LogP contribution in [0.3, 0.4) is 0 Å². The zero-order valence-electron chi connectivity index (χ0n) is 14.6. The topological polar surface area (TPSA) is 47.4 Å². The zero-order valence-corrected chi connectivity index (χ0v) is 14.6. The van der Waals surface area contributed by atoms with Crippen LogP contribution in [0.2, 0.25) is 0 Å². The SMILES string of the molecule is O=c1c2c(c3cccnc3n1-c1ccccc1)OC(CN1CCCC1)C2. The van der Waals surface area contributed by atoms with Crippen LogP contribution in [-0.2, 0) is 6.42 Å². The van der Waals surface area contributed by atoms with Crippen molar-refractivity contribution in [1.29, 1.82) is 0 Å². The van der Waals surface area contributed by atoms with E-state index in [1.165, 1.54) is 12.8 Å². The van der Waals surface area contributed by atoms with E-state index in [2.05, 4.69) is 9.88 Å². The third-order valence-corrected chi connectivity index (χ3v) is 5.37. The van der Waals surface area contributed by atoms with Crippen LogP contribution in [0.5, 0.6) is 5.75 Å². The second-order valence-electron chi connectivity index (χ2n) is 7.11. The fourth-order valence-corrected chi connectivity index (χ4v) is 4.17. The van der Waals surface area contributed by atoms with E-state index in [1.807, 2.05) is 42.5 Å². The summed E-state index contributed by atoms with van der Waals surface area (Å²) in [6.45, 7) is 3.15. The molecule has 0 aliphatic carbocycles. The number of hydrogen-bond acceptors (Lipinski definition) is 4. The Bertz CT molecular complexity index is 1010. The van der Waals surface area contributed by atoms with Crippen LogP contribution in [0.4, 0.5) is 0 Å². The first-order valence-electron chi connectivity index (χ1n) is 9.28. The number of fused-ring (bicyclic) bond motifs is 3. The van der Waals surface area contributed by atoms with Gasteiger partial charge in [0.2, 0.25) is 0 Å². The minimum Gasteiger partial charge on any atom is -0.487 e. The Morgan fingerprint density at radius 2 is 1.88 bits per heavy atom. The van der Waals surface area contributed by atoms with Crippen molar-refractivity contribution in [2.24, 2.45) is 0 Å². The molecule has 4 heterocycles. The quantitative estimate of drug-likeness (QED) is 0.731. The molecule has 0 radical (unpaired) electrons. The summed E-state index contributed by atoms with van der Waals surface area (Å²) in [5, 5.41) is 0.912. The van der Waals surface area contributed by atoms with Gasteiger partial charge < -0.3 is 4.74 Å². The fraction of sp³-hybridized carbons (Fsp3) is 0.333. The highest BCUT2D eigenvalue weighted by Gasteiger charge is 2.31. The first-order chi connectivity index (χ1) is 12.8. The third-order valence-electron chi connectivity index (χ3n) is 5.37. The van der Waals surface area contributed by atoms with Gasteiger partial charge in [-0.3, -0.25) is 14.3 Å². The predicted octanol–water partition coefficient (Wildman–Crippen LogP) is 2.79. The minimum absolute atomic E-state index is 0.0127. The molecule has 2 aliphatic heterocycles. The molecule has 1 fully saturated rings. The molecular weight excluding hydrogens is 326 g/mol. The minimum atomic E-state index is -0.0127. The van der Waals surface area contributed by atoms with Crippen LogP contribution in [0.15, 0.2) is 53.5 Å². The maximum Gasteiger partial charge on any atom is 0.263 e. The second kappa shape index (κ2) is 6.25. The Morgan fingerprint density at radius 3 is 2.69 bits per heavy atom. The van der Waals surface area contributed by atoms with Crippen molar-refractivity contribution < 1.29 is 4.74 Å². The maximum absolute atomic E-state index is 13.3. The van der Waals surface area contributed by atoms with Crippen LogP contribution in [0, 0.1) is 0 Å². The summed E-state index contributed by atoms with van der Waals surface area (Å²) in [7, 11) is 0. The van der Waals surface area contributed by atoms with Crippen LogP contribution < -0.4 is 10.3 Å². The summed E-state index contributed by atoms with van der Waals surface area (Å²) in [4.78, 5) is 20.2. The predicted molar refractivity (Wildman–Crippen MR) is 101 cm³/mol. The van der Waals surface area contributed by atoms with Gasteiger partial charge in [-0.2, -0.15) is 0 Å². The molecule has 0 saturated carbocycles. The van der Waals surface area contributed by atoms with Gasteiger partial charge in [-0.25, -0.2) is 4.98 Å². The number of benzene rings is 1. The molecule has 132 valence electrons. The van der Waals surface area contributed by atoms with Gasteiger partial charge in [-0.05, 0) is 50.2 Å². The van der Waals surface area contributed by atoms with E-state index in [9.17, 15) is 4.79 Å². The molecule has 5 nitrogen and oxygen atoms in total. The van der Waals surface area contributed by atoms with Crippen molar-refractivity contribution in [3.63, 3.8) is 0 Å². The van der Waals surface area contributed by atoms with Crippen LogP contribution >= 0.6 is 0 Å². The number of nitrogens with zero attached hydrogens (tertiary/aromatic N) is 3. The average molecular weight is 347 g/mol. The molecule has 26 heavy (non-hydrogen) atoms. The molecule has 0 N–H and O–H groups in total. The summed E-state index contributed by atoms with van der Waals surface area (Å²) < 4.78 is 7.98. The summed E-state index contributed by atoms with van der Waals surface area (Å²) in [6.07, 6.45) is 4.96. The summed E-state index contributed by atoms with van der Waals surface area (Å²) in [5.74, 6) is 0.731. The number of pyridine rings is 2. The highest BCUT2D eigenvalue weighted by molar-refractivity contribution is 5.85. The summed E-state index contributed by atoms with van der Waals surface area (Å²) in [5.41, 5.74) is 2.26. The first-order valence-corrected chi connectivity index (χ1v) is 9.28. The van der Waals surface area contributed by atoms with E-state index in [0.29, 0.717) is 12.1 Å². The molecular formula is C21H21N3O2. The number of likely N-dealkylation sites (tertiary alicyclic amines) is 1. The molecule has 1 aromatic carbocycles. The van der Waals surface area contributed by atoms with Crippen LogP contribution in [0.1, 0.15) is 18.4 Å². The second-order valence-corrected chi connectivity index (χ2v) is 7.11. The van der Waals surface area contributed by atoms with Gasteiger partial charge in [-0.1, -0.05) is 18.2 Å². The van der Waals surface area contributed by atoms with E-state index < -0.39 is 0 Å². The van der Waals surface area contributed by atoms with E-state index >= 15 is 0 Å². The molecule has 2 aromatic heterocycles. The lowest BCUT2D eigenvalue weighted by Gasteiger charge is -2.19. The lowest BCUT2D eigenvalue weighted by Crippen LogP contribution is -2.33. The Balaban J connectivity index is 1.63. The molecule has 0 bridgehead atoms. The summed E-state index contributed by atoms with van der Waals surface area (Å²) >= 11 is 0. The number of aromatic nitrogens is 2. The monoisotopic (exact) mass is 347 g/mol. The highest BCUT2D eigenvalue weighted by atomic mass is 16.5. The Hall–Kier alpha value is -2.66. The largest absolute Gasteiger partial charge is 0.487 e. The van der Waals surface area contributed by atoms with Crippen molar-refractivity contribution in [2.75, 3.05) is 19.6 Å². The van der Waals surface area contributed by atoms with Crippen molar-refractivity contribution in [2.45, 2.75) is 25.4 Å². The number of para-hydroxylation sites is 1. The van der Waals surface area contributed by atoms with Gasteiger partial charge in [0.25, 0.3) is 5.56 Å². The Morgan fingerprint density at radius 1 is 1.08 bits per heavy atom. The van der Waals surface area contributed by atoms with E-state index in [0.717, 1.165) is 42.0 Å². The van der Waals surface area contributed by atoms with Crippen molar-refractivity contribution in [3.8, 4) is 11.4 Å². The first kappa shape index (κ1) is 15.6. The highest BCUT2D eigenvalue weighted by Crippen LogP contribution is 2.34. The molecule has 5 heteroatoms. The molecule has 1 atom stereocenters. The normalized spacial score (nSPS) is 19.6. The van der Waals surface area contributed by atoms with E-state index in [1.54, 1.807) is 10.8 Å². The number of rotatable bonds is 3. The molecule has 0 amide bonds. The van der Waals surface area contributed by atoms with Gasteiger partial charge in [0, 0.05) is 19.2 Å². The Kier molecular flexibility index (Phi) is 3.75. The number of ether oxygens (including phenoxy) is 1. The molecule has 1 saturated heterocycles. The van der Waals surface area contributed by atoms with Crippen LogP contribution in [-0.4, -0.2) is 40.2 Å². The van der Waals surface area contributed by atoms with Gasteiger partial charge in [0.1, 0.15) is 11.9 Å². The van der Waals surface area contributed by atoms with Gasteiger partial charge in [0.05, 0.1) is 16.6 Å². The fourth-order valence-electron chi connectivity index (χ4n) is 4.17. The van der Waals surface area contributed by atoms with Crippen molar-refractivity contribution in [1.82, 2.24) is 14.5 Å². The van der Waals surface area contributed by atoms with Gasteiger partial charge in [-0.15, -0.1) is 0 Å². The Labute approximate surface area is 151 Å². The van der Waals surface area contributed by atoms with Crippen molar-refractivity contribution in [3.05, 3.63) is 64.6 Å². The van der Waals surface area contributed by atoms with Gasteiger partial charge >= 0.3 is 0 Å². The smallest absolute Gasteiger partial charge is 0.263 e. The lowest BCUT2D eigenvalue weighted by molar-refractivity contribution is 0.169. The van der Waals surface area contributed by atoms with E-state index in [-0.39, 0.29) is 11.7 Å². The number of hydrogen-bond donors (Lipinski definition) is 0. The van der Waals surface area contributed by atoms with Gasteiger partial charge in [0.15, 0.2) is 5.65 Å². The van der Waals surface area contributed by atoms with Crippen LogP contribution in [0.25, 0.3) is 16.7 Å². The van der Waals surface area contributed by atoms with Crippen molar-refractivity contribution >= 4 is 11.0 Å². The molecule has 0 spiro atoms. The standard InChI is InChI=1S/C21H21N3O2/c25-21-18-13-16(14-23-11-4-5-12-23)26-19(18)17-9-6-10-22-20(17)24(21)15-7-2-1-3-8-15/h1-3,6-10,16H,4-5,11-14H2. The lowest BCUT2D eigenvalue weighted by atomic mass is 10.1. The average Bonchev–Trinajstić information content (AvgIpc) is 3.33. The third kappa shape index (κ3) is 2.51. The maximum atomic E-state index is 13.3. The zero-order chi connectivity index (χ0) is 17.5.